The maximum atomic E-state index is 6.11. The molecule has 1 aromatic rings. The lowest BCUT2D eigenvalue weighted by molar-refractivity contribution is -0.0722. The number of piperidine rings is 1. The number of ether oxygens (including phenoxy) is 1. The topological polar surface area (TPSA) is 24.5 Å². The first-order valence-electron chi connectivity index (χ1n) is 10.6. The van der Waals surface area contributed by atoms with Gasteiger partial charge in [-0.25, -0.2) is 0 Å². The third-order valence-electron chi connectivity index (χ3n) is 6.57. The third-order valence-corrected chi connectivity index (χ3v) is 6.57. The number of benzene rings is 1. The summed E-state index contributed by atoms with van der Waals surface area (Å²) in [5, 5.41) is 3.88. The van der Waals surface area contributed by atoms with Crippen LogP contribution in [0.1, 0.15) is 51.5 Å². The molecule has 26 heavy (non-hydrogen) atoms. The smallest absolute Gasteiger partial charge is 0.0603 e. The normalized spacial score (nSPS) is 28.5. The van der Waals surface area contributed by atoms with Gasteiger partial charge in [0.05, 0.1) is 6.10 Å². The number of nitrogens with one attached hydrogen (secondary N) is 1. The van der Waals surface area contributed by atoms with Gasteiger partial charge in [-0.3, -0.25) is 0 Å². The number of hydrogen-bond acceptors (Lipinski definition) is 3. The highest BCUT2D eigenvalue weighted by Gasteiger charge is 2.37. The molecule has 0 amide bonds. The number of rotatable bonds is 7. The Balaban J connectivity index is 1.61. The molecule has 2 aliphatic heterocycles. The van der Waals surface area contributed by atoms with Crippen LogP contribution < -0.4 is 5.32 Å². The fourth-order valence-electron chi connectivity index (χ4n) is 4.70. The van der Waals surface area contributed by atoms with Gasteiger partial charge in [-0.2, -0.15) is 0 Å². The van der Waals surface area contributed by atoms with E-state index in [4.69, 9.17) is 4.74 Å². The van der Waals surface area contributed by atoms with Crippen molar-refractivity contribution in [1.82, 2.24) is 10.2 Å². The SMILES string of the molecule is CC(C)[C@@H]1C[C@@](CCNC2CCN(C)CC2)(Cc2ccccc2)CCO1. The highest BCUT2D eigenvalue weighted by atomic mass is 16.5. The standard InChI is InChI=1S/C23H38N2O/c1-19(2)22-18-23(12-16-26-22,17-20-7-5-4-6-8-20)11-13-24-21-9-14-25(3)15-10-21/h4-8,19,21-22,24H,9-18H2,1-3H3/t22-,23+/m0/s1. The lowest BCUT2D eigenvalue weighted by atomic mass is 9.69. The van der Waals surface area contributed by atoms with E-state index in [1.54, 1.807) is 0 Å². The molecule has 0 aliphatic carbocycles. The van der Waals surface area contributed by atoms with E-state index in [1.165, 1.54) is 57.2 Å². The van der Waals surface area contributed by atoms with Crippen LogP contribution in [0.3, 0.4) is 0 Å². The zero-order valence-corrected chi connectivity index (χ0v) is 17.0. The Hall–Kier alpha value is -0.900. The van der Waals surface area contributed by atoms with Gasteiger partial charge in [-0.1, -0.05) is 44.2 Å². The van der Waals surface area contributed by atoms with Gasteiger partial charge < -0.3 is 15.0 Å². The van der Waals surface area contributed by atoms with Crippen molar-refractivity contribution in [2.75, 3.05) is 33.3 Å². The molecule has 0 bridgehead atoms. The van der Waals surface area contributed by atoms with E-state index in [9.17, 15) is 0 Å². The van der Waals surface area contributed by atoms with Crippen LogP contribution in [0.2, 0.25) is 0 Å². The number of likely N-dealkylation sites (tertiary alicyclic amines) is 1. The van der Waals surface area contributed by atoms with E-state index in [2.05, 4.69) is 61.4 Å². The van der Waals surface area contributed by atoms with Crippen molar-refractivity contribution < 1.29 is 4.74 Å². The van der Waals surface area contributed by atoms with Gasteiger partial charge in [-0.15, -0.1) is 0 Å². The molecule has 3 nitrogen and oxygen atoms in total. The van der Waals surface area contributed by atoms with Crippen molar-refractivity contribution >= 4 is 0 Å². The van der Waals surface area contributed by atoms with Crippen molar-refractivity contribution in [2.24, 2.45) is 11.3 Å². The molecule has 1 aromatic carbocycles. The van der Waals surface area contributed by atoms with E-state index < -0.39 is 0 Å². The van der Waals surface area contributed by atoms with Crippen LogP contribution in [0.4, 0.5) is 0 Å². The molecule has 0 unspecified atom stereocenters. The fourth-order valence-corrected chi connectivity index (χ4v) is 4.70. The first-order chi connectivity index (χ1) is 12.6. The van der Waals surface area contributed by atoms with Crippen molar-refractivity contribution in [1.29, 1.82) is 0 Å². The molecule has 2 aliphatic rings. The molecule has 0 spiro atoms. The average Bonchev–Trinajstić information content (AvgIpc) is 2.64. The van der Waals surface area contributed by atoms with Crippen molar-refractivity contribution in [3.8, 4) is 0 Å². The summed E-state index contributed by atoms with van der Waals surface area (Å²) in [4.78, 5) is 2.45. The van der Waals surface area contributed by atoms with Gasteiger partial charge >= 0.3 is 0 Å². The molecule has 0 saturated carbocycles. The van der Waals surface area contributed by atoms with E-state index in [1.807, 2.05) is 0 Å². The van der Waals surface area contributed by atoms with Crippen LogP contribution >= 0.6 is 0 Å². The predicted octanol–water partition coefficient (Wildman–Crippen LogP) is 4.12. The lowest BCUT2D eigenvalue weighted by Gasteiger charge is -2.43. The van der Waals surface area contributed by atoms with Crippen LogP contribution in [0.5, 0.6) is 0 Å². The highest BCUT2D eigenvalue weighted by molar-refractivity contribution is 5.17. The molecule has 0 aromatic heterocycles. The molecule has 146 valence electrons. The van der Waals surface area contributed by atoms with Crippen molar-refractivity contribution in [3.05, 3.63) is 35.9 Å². The molecule has 3 heteroatoms. The molecule has 2 fully saturated rings. The molecular formula is C23H38N2O. The van der Waals surface area contributed by atoms with Crippen LogP contribution in [0, 0.1) is 11.3 Å². The fraction of sp³-hybridized carbons (Fsp3) is 0.739. The Morgan fingerprint density at radius 3 is 2.62 bits per heavy atom. The first-order valence-corrected chi connectivity index (χ1v) is 10.6. The molecule has 3 rings (SSSR count). The minimum absolute atomic E-state index is 0.382. The third kappa shape index (κ3) is 5.55. The van der Waals surface area contributed by atoms with Gasteiger partial charge in [0.1, 0.15) is 0 Å². The minimum atomic E-state index is 0.382. The van der Waals surface area contributed by atoms with Gasteiger partial charge in [0.15, 0.2) is 0 Å². The second-order valence-corrected chi connectivity index (χ2v) is 9.05. The van der Waals surface area contributed by atoms with Gasteiger partial charge in [-0.05, 0) is 82.1 Å². The lowest BCUT2D eigenvalue weighted by Crippen LogP contribution is -2.44. The molecule has 1 N–H and O–H groups in total. The summed E-state index contributed by atoms with van der Waals surface area (Å²) >= 11 is 0. The number of hydrogen-bond donors (Lipinski definition) is 1. The summed E-state index contributed by atoms with van der Waals surface area (Å²) in [6, 6.07) is 11.8. The molecule has 2 atom stereocenters. The van der Waals surface area contributed by atoms with E-state index in [0.717, 1.165) is 13.2 Å². The van der Waals surface area contributed by atoms with Gasteiger partial charge in [0.2, 0.25) is 0 Å². The van der Waals surface area contributed by atoms with E-state index >= 15 is 0 Å². The molecule has 2 heterocycles. The van der Waals surface area contributed by atoms with Crippen LogP contribution in [-0.4, -0.2) is 50.3 Å². The van der Waals surface area contributed by atoms with Crippen molar-refractivity contribution in [2.45, 2.75) is 64.5 Å². The zero-order chi connectivity index (χ0) is 18.4. The van der Waals surface area contributed by atoms with E-state index in [0.29, 0.717) is 23.5 Å². The molecule has 2 saturated heterocycles. The van der Waals surface area contributed by atoms with Gasteiger partial charge in [0.25, 0.3) is 0 Å². The monoisotopic (exact) mass is 358 g/mol. The minimum Gasteiger partial charge on any atom is -0.378 e. The maximum Gasteiger partial charge on any atom is 0.0603 e. The van der Waals surface area contributed by atoms with Crippen LogP contribution in [-0.2, 0) is 11.2 Å². The second kappa shape index (κ2) is 9.34. The van der Waals surface area contributed by atoms with E-state index in [-0.39, 0.29) is 0 Å². The highest BCUT2D eigenvalue weighted by Crippen LogP contribution is 2.41. The summed E-state index contributed by atoms with van der Waals surface area (Å²) in [6.07, 6.45) is 7.85. The average molecular weight is 359 g/mol. The molecule has 0 radical (unpaired) electrons. The predicted molar refractivity (Wildman–Crippen MR) is 110 cm³/mol. The summed E-state index contributed by atoms with van der Waals surface area (Å²) in [5.41, 5.74) is 1.86. The summed E-state index contributed by atoms with van der Waals surface area (Å²) < 4.78 is 6.11. The first kappa shape index (κ1) is 19.9. The largest absolute Gasteiger partial charge is 0.378 e. The Morgan fingerprint density at radius 2 is 1.92 bits per heavy atom. The summed E-state index contributed by atoms with van der Waals surface area (Å²) in [7, 11) is 2.24. The second-order valence-electron chi connectivity index (χ2n) is 9.05. The summed E-state index contributed by atoms with van der Waals surface area (Å²) in [5.74, 6) is 0.604. The molecular weight excluding hydrogens is 320 g/mol. The Bertz CT molecular complexity index is 524. The maximum absolute atomic E-state index is 6.11. The zero-order valence-electron chi connectivity index (χ0n) is 17.0. The Labute approximate surface area is 160 Å². The quantitative estimate of drug-likeness (QED) is 0.793. The summed E-state index contributed by atoms with van der Waals surface area (Å²) in [6.45, 7) is 9.14. The van der Waals surface area contributed by atoms with Crippen molar-refractivity contribution in [3.63, 3.8) is 0 Å². The van der Waals surface area contributed by atoms with Crippen LogP contribution in [0.15, 0.2) is 30.3 Å². The Kier molecular flexibility index (Phi) is 7.13. The van der Waals surface area contributed by atoms with Crippen LogP contribution in [0.25, 0.3) is 0 Å². The van der Waals surface area contributed by atoms with Gasteiger partial charge in [0, 0.05) is 12.6 Å². The Morgan fingerprint density at radius 1 is 1.19 bits per heavy atom. The number of nitrogens with zero attached hydrogens (tertiary/aromatic N) is 1.